The summed E-state index contributed by atoms with van der Waals surface area (Å²) in [5.74, 6) is -2.28. The third-order valence-electron chi connectivity index (χ3n) is 5.75. The number of ether oxygens (including phenoxy) is 1. The number of benzene rings is 2. The summed E-state index contributed by atoms with van der Waals surface area (Å²) in [6, 6.07) is 17.1. The molecule has 1 aliphatic rings. The van der Waals surface area contributed by atoms with E-state index in [1.807, 2.05) is 31.2 Å². The molecule has 4 rings (SSSR count). The molecule has 10 heteroatoms. The number of hydrogen-bond acceptors (Lipinski definition) is 7. The molecule has 1 aliphatic heterocycles. The lowest BCUT2D eigenvalue weighted by Crippen LogP contribution is -2.34. The van der Waals surface area contributed by atoms with Crippen LogP contribution in [0.25, 0.3) is 6.08 Å². The van der Waals surface area contributed by atoms with Gasteiger partial charge in [0.15, 0.2) is 0 Å². The fraction of sp³-hybridized carbons (Fsp3) is 0.143. The summed E-state index contributed by atoms with van der Waals surface area (Å²) in [7, 11) is 1.22. The molecule has 0 unspecified atom stereocenters. The molecular weight excluding hydrogens is 510 g/mol. The van der Waals surface area contributed by atoms with Crippen LogP contribution in [-0.2, 0) is 30.5 Å². The first kappa shape index (κ1) is 26.4. The normalized spacial score (nSPS) is 14.2. The third-order valence-corrected chi connectivity index (χ3v) is 5.99. The summed E-state index contributed by atoms with van der Waals surface area (Å²) in [6.45, 7) is 3.55. The number of allylic oxidation sites excluding steroid dienone is 2. The van der Waals surface area contributed by atoms with Crippen molar-refractivity contribution in [2.75, 3.05) is 17.3 Å². The van der Waals surface area contributed by atoms with Crippen molar-refractivity contribution in [3.63, 3.8) is 0 Å². The van der Waals surface area contributed by atoms with Crippen molar-refractivity contribution >= 4 is 52.6 Å². The first-order valence-corrected chi connectivity index (χ1v) is 11.9. The zero-order valence-electron chi connectivity index (χ0n) is 20.8. The third kappa shape index (κ3) is 5.68. The van der Waals surface area contributed by atoms with E-state index >= 15 is 0 Å². The number of ketones is 1. The van der Waals surface area contributed by atoms with Crippen LogP contribution in [0.5, 0.6) is 0 Å². The zero-order valence-corrected chi connectivity index (χ0v) is 21.6. The molecule has 9 nitrogen and oxygen atoms in total. The Morgan fingerprint density at radius 3 is 2.45 bits per heavy atom. The number of carbonyl (C=O) groups excluding carboxylic acids is 4. The van der Waals surface area contributed by atoms with Gasteiger partial charge in [0.25, 0.3) is 0 Å². The first-order chi connectivity index (χ1) is 18.2. The number of esters is 1. The summed E-state index contributed by atoms with van der Waals surface area (Å²) >= 11 is 5.89. The van der Waals surface area contributed by atoms with Gasteiger partial charge >= 0.3 is 17.8 Å². The second-order valence-electron chi connectivity index (χ2n) is 8.43. The molecule has 2 amide bonds. The maximum Gasteiger partial charge on any atom is 0.343 e. The number of furan rings is 1. The van der Waals surface area contributed by atoms with E-state index in [9.17, 15) is 19.2 Å². The van der Waals surface area contributed by atoms with Crippen LogP contribution in [0, 0.1) is 6.92 Å². The number of aryl methyl sites for hydroxylation is 1. The van der Waals surface area contributed by atoms with E-state index in [4.69, 9.17) is 20.8 Å². The lowest BCUT2D eigenvalue weighted by atomic mass is 10.1. The van der Waals surface area contributed by atoms with Gasteiger partial charge in [0.05, 0.1) is 19.4 Å². The van der Waals surface area contributed by atoms with Crippen LogP contribution < -0.4 is 15.5 Å². The number of halogens is 1. The Labute approximate surface area is 223 Å². The van der Waals surface area contributed by atoms with E-state index in [0.29, 0.717) is 33.6 Å². The van der Waals surface area contributed by atoms with E-state index in [-0.39, 0.29) is 17.8 Å². The summed E-state index contributed by atoms with van der Waals surface area (Å²) in [5.41, 5.74) is 2.69. The topological polar surface area (TPSA) is 118 Å². The number of methoxy groups -OCH3 is 1. The highest BCUT2D eigenvalue weighted by Crippen LogP contribution is 2.36. The Hall–Kier alpha value is -4.63. The molecule has 0 spiro atoms. The van der Waals surface area contributed by atoms with Crippen molar-refractivity contribution in [2.24, 2.45) is 0 Å². The number of rotatable bonds is 6. The number of carbonyl (C=O) groups is 4. The molecule has 38 heavy (non-hydrogen) atoms. The molecule has 2 N–H and O–H groups in total. The highest BCUT2D eigenvalue weighted by Gasteiger charge is 2.38. The van der Waals surface area contributed by atoms with Crippen molar-refractivity contribution in [3.05, 3.63) is 99.7 Å². The standard InChI is InChI=1S/C28H24ClN3O6/c1-16-7-9-20(10-8-16)32-17(2)24(28(36)37-3)25(33)23(32)14-21-11-12-22(38-21)15-30-26(34)27(35)31-19-6-4-5-18(29)13-19/h4-14H,15H2,1-3H3,(H,30,34)(H,31,35)/b23-14+. The zero-order chi connectivity index (χ0) is 27.4. The molecule has 3 aromatic rings. The van der Waals surface area contributed by atoms with E-state index in [1.165, 1.54) is 19.3 Å². The molecule has 194 valence electrons. The minimum absolute atomic E-state index is 0.0642. The molecule has 0 fully saturated rings. The van der Waals surface area contributed by atoms with Gasteiger partial charge in [-0.05, 0) is 56.3 Å². The SMILES string of the molecule is COC(=O)C1=C(C)N(c2ccc(C)cc2)/C(=C/c2ccc(CNC(=O)C(=O)Nc3cccc(Cl)c3)o2)C1=O. The highest BCUT2D eigenvalue weighted by atomic mass is 35.5. The highest BCUT2D eigenvalue weighted by molar-refractivity contribution is 6.39. The second kappa shape index (κ2) is 11.2. The summed E-state index contributed by atoms with van der Waals surface area (Å²) < 4.78 is 10.6. The number of Topliss-reactive ketones (excluding diaryl/α,β-unsaturated/α-hetero) is 1. The summed E-state index contributed by atoms with van der Waals surface area (Å²) in [4.78, 5) is 51.6. The maximum atomic E-state index is 13.2. The smallest absolute Gasteiger partial charge is 0.343 e. The fourth-order valence-electron chi connectivity index (χ4n) is 3.89. The van der Waals surface area contributed by atoms with Gasteiger partial charge in [0.2, 0.25) is 5.78 Å². The predicted octanol–water partition coefficient (Wildman–Crippen LogP) is 4.37. The van der Waals surface area contributed by atoms with Gasteiger partial charge in [-0.25, -0.2) is 4.79 Å². The predicted molar refractivity (Wildman–Crippen MR) is 142 cm³/mol. The molecular formula is C28H24ClN3O6. The van der Waals surface area contributed by atoms with Crippen molar-refractivity contribution < 1.29 is 28.3 Å². The Kier molecular flexibility index (Phi) is 7.78. The molecule has 0 saturated heterocycles. The lowest BCUT2D eigenvalue weighted by molar-refractivity contribution is -0.137. The van der Waals surface area contributed by atoms with Crippen LogP contribution in [0.1, 0.15) is 24.0 Å². The minimum atomic E-state index is -0.861. The van der Waals surface area contributed by atoms with Crippen LogP contribution in [0.4, 0.5) is 11.4 Å². The molecule has 0 radical (unpaired) electrons. The number of nitrogens with one attached hydrogen (secondary N) is 2. The van der Waals surface area contributed by atoms with Crippen LogP contribution >= 0.6 is 11.6 Å². The van der Waals surface area contributed by atoms with Gasteiger partial charge in [-0.3, -0.25) is 14.4 Å². The van der Waals surface area contributed by atoms with Gasteiger partial charge in [0, 0.05) is 28.2 Å². The van der Waals surface area contributed by atoms with E-state index in [2.05, 4.69) is 10.6 Å². The van der Waals surface area contributed by atoms with Crippen LogP contribution in [0.15, 0.2) is 82.0 Å². The average Bonchev–Trinajstić information content (AvgIpc) is 3.44. The van der Waals surface area contributed by atoms with Crippen molar-refractivity contribution in [1.29, 1.82) is 0 Å². The van der Waals surface area contributed by atoms with Crippen molar-refractivity contribution in [3.8, 4) is 0 Å². The Morgan fingerprint density at radius 1 is 1.03 bits per heavy atom. The monoisotopic (exact) mass is 533 g/mol. The van der Waals surface area contributed by atoms with Crippen LogP contribution in [0.2, 0.25) is 5.02 Å². The molecule has 0 saturated carbocycles. The molecule has 2 aromatic carbocycles. The van der Waals surface area contributed by atoms with Crippen molar-refractivity contribution in [2.45, 2.75) is 20.4 Å². The second-order valence-corrected chi connectivity index (χ2v) is 8.87. The maximum absolute atomic E-state index is 13.2. The van der Waals surface area contributed by atoms with Crippen LogP contribution in [0.3, 0.4) is 0 Å². The fourth-order valence-corrected chi connectivity index (χ4v) is 4.08. The number of nitrogens with zero attached hydrogens (tertiary/aromatic N) is 1. The van der Waals surface area contributed by atoms with Gasteiger partial charge in [-0.2, -0.15) is 0 Å². The van der Waals surface area contributed by atoms with Gasteiger partial charge in [-0.15, -0.1) is 0 Å². The van der Waals surface area contributed by atoms with E-state index in [0.717, 1.165) is 5.56 Å². The molecule has 0 aliphatic carbocycles. The number of hydrogen-bond donors (Lipinski definition) is 2. The molecule has 0 atom stereocenters. The van der Waals surface area contributed by atoms with Crippen molar-refractivity contribution in [1.82, 2.24) is 5.32 Å². The Balaban J connectivity index is 1.50. The molecule has 1 aromatic heterocycles. The molecule has 2 heterocycles. The molecule has 0 bridgehead atoms. The van der Waals surface area contributed by atoms with Crippen LogP contribution in [-0.4, -0.2) is 30.7 Å². The first-order valence-electron chi connectivity index (χ1n) is 11.5. The summed E-state index contributed by atoms with van der Waals surface area (Å²) in [6.07, 6.45) is 1.51. The Morgan fingerprint density at radius 2 is 1.76 bits per heavy atom. The van der Waals surface area contributed by atoms with E-state index in [1.54, 1.807) is 42.2 Å². The Bertz CT molecular complexity index is 1490. The van der Waals surface area contributed by atoms with E-state index < -0.39 is 23.6 Å². The van der Waals surface area contributed by atoms with Gasteiger partial charge in [-0.1, -0.05) is 35.4 Å². The average molecular weight is 534 g/mol. The largest absolute Gasteiger partial charge is 0.465 e. The number of amides is 2. The minimum Gasteiger partial charge on any atom is -0.465 e. The lowest BCUT2D eigenvalue weighted by Gasteiger charge is -2.21. The summed E-state index contributed by atoms with van der Waals surface area (Å²) in [5, 5.41) is 5.37. The quantitative estimate of drug-likeness (QED) is 0.209. The van der Waals surface area contributed by atoms with Gasteiger partial charge < -0.3 is 24.7 Å². The number of anilines is 2. The van der Waals surface area contributed by atoms with Gasteiger partial charge in [0.1, 0.15) is 17.1 Å².